The number of aromatic nitrogens is 3. The lowest BCUT2D eigenvalue weighted by Gasteiger charge is -2.24. The van der Waals surface area contributed by atoms with Crippen molar-refractivity contribution in [1.29, 1.82) is 0 Å². The average molecular weight is 294 g/mol. The predicted molar refractivity (Wildman–Crippen MR) is 85.5 cm³/mol. The molecule has 0 aliphatic carbocycles. The molecule has 2 rings (SSSR count). The molecule has 2 aromatic heterocycles. The van der Waals surface area contributed by atoms with Crippen LogP contribution in [0.25, 0.3) is 11.2 Å². The van der Waals surface area contributed by atoms with E-state index in [1.165, 1.54) is 18.4 Å². The maximum absolute atomic E-state index is 5.95. The Hall–Kier alpha value is -1.09. The van der Waals surface area contributed by atoms with Crippen molar-refractivity contribution in [2.75, 3.05) is 5.88 Å². The topological polar surface area (TPSA) is 30.7 Å². The first-order valence-electron chi connectivity index (χ1n) is 7.52. The van der Waals surface area contributed by atoms with Gasteiger partial charge < -0.3 is 4.57 Å². The van der Waals surface area contributed by atoms with Crippen LogP contribution in [0.15, 0.2) is 12.3 Å². The van der Waals surface area contributed by atoms with Gasteiger partial charge in [-0.05, 0) is 31.4 Å². The van der Waals surface area contributed by atoms with Crippen LogP contribution in [0.5, 0.6) is 0 Å². The summed E-state index contributed by atoms with van der Waals surface area (Å²) in [7, 11) is 0. The average Bonchev–Trinajstić information content (AvgIpc) is 2.80. The summed E-state index contributed by atoms with van der Waals surface area (Å²) < 4.78 is 2.31. The first kappa shape index (κ1) is 15.3. The molecule has 3 nitrogen and oxygen atoms in total. The van der Waals surface area contributed by atoms with Crippen LogP contribution in [0.4, 0.5) is 0 Å². The van der Waals surface area contributed by atoms with Gasteiger partial charge >= 0.3 is 0 Å². The third-order valence-electron chi connectivity index (χ3n) is 4.31. The molecule has 0 radical (unpaired) electrons. The lowest BCUT2D eigenvalue weighted by atomic mass is 9.95. The minimum Gasteiger partial charge on any atom is -0.310 e. The molecular formula is C16H24ClN3. The second-order valence-electron chi connectivity index (χ2n) is 5.45. The fourth-order valence-electron chi connectivity index (χ4n) is 3.03. The number of alkyl halides is 1. The monoisotopic (exact) mass is 293 g/mol. The van der Waals surface area contributed by atoms with Crippen LogP contribution in [0.2, 0.25) is 0 Å². The molecule has 110 valence electrons. The summed E-state index contributed by atoms with van der Waals surface area (Å²) in [4.78, 5) is 9.36. The van der Waals surface area contributed by atoms with E-state index in [9.17, 15) is 0 Å². The zero-order chi connectivity index (χ0) is 14.7. The molecule has 0 aliphatic rings. The van der Waals surface area contributed by atoms with Gasteiger partial charge in [0.2, 0.25) is 0 Å². The SMILES string of the molecule is CCC(CC)C(C)n1c(CCCl)nc2c(C)ccnc21. The van der Waals surface area contributed by atoms with E-state index in [4.69, 9.17) is 16.6 Å². The van der Waals surface area contributed by atoms with Gasteiger partial charge in [-0.15, -0.1) is 11.6 Å². The molecule has 1 atom stereocenters. The summed E-state index contributed by atoms with van der Waals surface area (Å²) in [6.45, 7) is 8.88. The Kier molecular flexibility index (Phi) is 5.03. The zero-order valence-corrected chi connectivity index (χ0v) is 13.6. The lowest BCUT2D eigenvalue weighted by Crippen LogP contribution is -2.18. The maximum Gasteiger partial charge on any atom is 0.160 e. The van der Waals surface area contributed by atoms with E-state index in [-0.39, 0.29) is 0 Å². The van der Waals surface area contributed by atoms with E-state index in [1.807, 2.05) is 12.3 Å². The highest BCUT2D eigenvalue weighted by atomic mass is 35.5. The maximum atomic E-state index is 5.95. The number of aryl methyl sites for hydroxylation is 2. The van der Waals surface area contributed by atoms with Crippen LogP contribution in [-0.4, -0.2) is 20.4 Å². The lowest BCUT2D eigenvalue weighted by molar-refractivity contribution is 0.332. The van der Waals surface area contributed by atoms with Gasteiger partial charge in [-0.1, -0.05) is 26.7 Å². The van der Waals surface area contributed by atoms with Crippen molar-refractivity contribution < 1.29 is 0 Å². The Morgan fingerprint density at radius 1 is 1.30 bits per heavy atom. The van der Waals surface area contributed by atoms with E-state index in [1.54, 1.807) is 0 Å². The predicted octanol–water partition coefficient (Wildman–Crippen LogP) is 4.52. The minimum atomic E-state index is 0.405. The Morgan fingerprint density at radius 2 is 2.00 bits per heavy atom. The van der Waals surface area contributed by atoms with Crippen molar-refractivity contribution in [1.82, 2.24) is 14.5 Å². The highest BCUT2D eigenvalue weighted by molar-refractivity contribution is 6.17. The fourth-order valence-corrected chi connectivity index (χ4v) is 3.20. The standard InChI is InChI=1S/C16H24ClN3/c1-5-13(6-2)12(4)20-14(7-9-17)19-15-11(3)8-10-18-16(15)20/h8,10,12-13H,5-7,9H2,1-4H3. The van der Waals surface area contributed by atoms with Crippen LogP contribution in [0.3, 0.4) is 0 Å². The molecule has 2 aromatic rings. The third-order valence-corrected chi connectivity index (χ3v) is 4.50. The van der Waals surface area contributed by atoms with E-state index in [0.29, 0.717) is 17.8 Å². The minimum absolute atomic E-state index is 0.405. The number of rotatable bonds is 6. The van der Waals surface area contributed by atoms with Crippen LogP contribution in [0.1, 0.15) is 51.0 Å². The van der Waals surface area contributed by atoms with Gasteiger partial charge in [0.1, 0.15) is 11.3 Å². The number of nitrogens with zero attached hydrogens (tertiary/aromatic N) is 3. The summed E-state index contributed by atoms with van der Waals surface area (Å²) in [5.41, 5.74) is 3.20. The van der Waals surface area contributed by atoms with Crippen molar-refractivity contribution in [3.8, 4) is 0 Å². The van der Waals surface area contributed by atoms with Crippen molar-refractivity contribution in [3.05, 3.63) is 23.7 Å². The molecule has 0 aromatic carbocycles. The largest absolute Gasteiger partial charge is 0.310 e. The molecule has 0 amide bonds. The summed E-state index contributed by atoms with van der Waals surface area (Å²) in [6, 6.07) is 2.42. The number of fused-ring (bicyclic) bond motifs is 1. The highest BCUT2D eigenvalue weighted by Crippen LogP contribution is 2.30. The summed E-state index contributed by atoms with van der Waals surface area (Å²) in [6.07, 6.45) is 5.01. The summed E-state index contributed by atoms with van der Waals surface area (Å²) in [5, 5.41) is 0. The van der Waals surface area contributed by atoms with E-state index in [2.05, 4.69) is 37.2 Å². The fraction of sp³-hybridized carbons (Fsp3) is 0.625. The van der Waals surface area contributed by atoms with Crippen molar-refractivity contribution in [2.45, 2.75) is 53.0 Å². The van der Waals surface area contributed by atoms with Gasteiger partial charge in [0.25, 0.3) is 0 Å². The first-order valence-corrected chi connectivity index (χ1v) is 8.05. The van der Waals surface area contributed by atoms with Gasteiger partial charge in [-0.3, -0.25) is 0 Å². The van der Waals surface area contributed by atoms with Crippen molar-refractivity contribution >= 4 is 22.8 Å². The van der Waals surface area contributed by atoms with E-state index >= 15 is 0 Å². The molecular weight excluding hydrogens is 270 g/mol. The molecule has 0 N–H and O–H groups in total. The van der Waals surface area contributed by atoms with Crippen LogP contribution < -0.4 is 0 Å². The molecule has 0 bridgehead atoms. The zero-order valence-electron chi connectivity index (χ0n) is 12.9. The molecule has 4 heteroatoms. The third kappa shape index (κ3) is 2.69. The Bertz CT molecular complexity index is 572. The molecule has 0 saturated carbocycles. The van der Waals surface area contributed by atoms with Gasteiger partial charge in [0.05, 0.1) is 0 Å². The molecule has 1 unspecified atom stereocenters. The first-order chi connectivity index (χ1) is 9.63. The van der Waals surface area contributed by atoms with E-state index < -0.39 is 0 Å². The van der Waals surface area contributed by atoms with Crippen molar-refractivity contribution in [2.24, 2.45) is 5.92 Å². The van der Waals surface area contributed by atoms with Gasteiger partial charge in [0, 0.05) is 24.5 Å². The molecule has 0 spiro atoms. The summed E-state index contributed by atoms with van der Waals surface area (Å²) in [5.74, 6) is 2.30. The number of pyridine rings is 1. The van der Waals surface area contributed by atoms with Gasteiger partial charge in [0.15, 0.2) is 5.65 Å². The quantitative estimate of drug-likeness (QED) is 0.733. The smallest absolute Gasteiger partial charge is 0.160 e. The number of imidazole rings is 1. The molecule has 0 aliphatic heterocycles. The number of halogens is 1. The second kappa shape index (κ2) is 6.57. The molecule has 0 saturated heterocycles. The van der Waals surface area contributed by atoms with Crippen LogP contribution in [-0.2, 0) is 6.42 Å². The van der Waals surface area contributed by atoms with Crippen molar-refractivity contribution in [3.63, 3.8) is 0 Å². The Labute approximate surface area is 126 Å². The number of hydrogen-bond donors (Lipinski definition) is 0. The molecule has 20 heavy (non-hydrogen) atoms. The van der Waals surface area contributed by atoms with Crippen LogP contribution >= 0.6 is 11.6 Å². The Balaban J connectivity index is 2.59. The Morgan fingerprint density at radius 3 is 2.60 bits per heavy atom. The summed E-state index contributed by atoms with van der Waals surface area (Å²) >= 11 is 5.95. The van der Waals surface area contributed by atoms with E-state index in [0.717, 1.165) is 23.4 Å². The number of hydrogen-bond acceptors (Lipinski definition) is 2. The normalized spacial score (nSPS) is 13.3. The molecule has 2 heterocycles. The van der Waals surface area contributed by atoms with Crippen LogP contribution in [0, 0.1) is 12.8 Å². The van der Waals surface area contributed by atoms with Gasteiger partial charge in [-0.2, -0.15) is 0 Å². The molecule has 0 fully saturated rings. The van der Waals surface area contributed by atoms with Gasteiger partial charge in [-0.25, -0.2) is 9.97 Å². The second-order valence-corrected chi connectivity index (χ2v) is 5.83. The highest BCUT2D eigenvalue weighted by Gasteiger charge is 2.22.